The van der Waals surface area contributed by atoms with Crippen LogP contribution >= 0.6 is 0 Å². The monoisotopic (exact) mass is 250 g/mol. The first-order valence-corrected chi connectivity index (χ1v) is 6.39. The summed E-state index contributed by atoms with van der Waals surface area (Å²) in [6.45, 7) is 9.57. The van der Waals surface area contributed by atoms with E-state index in [0.29, 0.717) is 12.6 Å². The van der Waals surface area contributed by atoms with E-state index < -0.39 is 6.09 Å². The summed E-state index contributed by atoms with van der Waals surface area (Å²) in [7, 11) is 0. The SMILES string of the molecule is CCOC(=O)Nc1ccc(N(CC)C(C)C)cc1. The van der Waals surface area contributed by atoms with Crippen molar-refractivity contribution in [2.45, 2.75) is 33.7 Å². The predicted octanol–water partition coefficient (Wildman–Crippen LogP) is 3.49. The van der Waals surface area contributed by atoms with E-state index in [-0.39, 0.29) is 0 Å². The Morgan fingerprint density at radius 3 is 2.33 bits per heavy atom. The summed E-state index contributed by atoms with van der Waals surface area (Å²) in [5.74, 6) is 0. The smallest absolute Gasteiger partial charge is 0.411 e. The molecule has 1 aromatic rings. The number of ether oxygens (including phenoxy) is 1. The van der Waals surface area contributed by atoms with Crippen LogP contribution in [0.4, 0.5) is 16.2 Å². The minimum absolute atomic E-state index is 0.376. The number of hydrogen-bond acceptors (Lipinski definition) is 3. The van der Waals surface area contributed by atoms with Crippen LogP contribution in [0.15, 0.2) is 24.3 Å². The van der Waals surface area contributed by atoms with E-state index in [2.05, 4.69) is 31.0 Å². The second kappa shape index (κ2) is 6.89. The van der Waals surface area contributed by atoms with Gasteiger partial charge in [-0.1, -0.05) is 0 Å². The van der Waals surface area contributed by atoms with E-state index in [1.54, 1.807) is 6.92 Å². The summed E-state index contributed by atoms with van der Waals surface area (Å²) in [5, 5.41) is 2.68. The number of carbonyl (C=O) groups is 1. The fourth-order valence-electron chi connectivity index (χ4n) is 1.87. The van der Waals surface area contributed by atoms with Gasteiger partial charge in [-0.25, -0.2) is 4.79 Å². The lowest BCUT2D eigenvalue weighted by Crippen LogP contribution is -2.30. The largest absolute Gasteiger partial charge is 0.450 e. The molecule has 0 radical (unpaired) electrons. The third-order valence-corrected chi connectivity index (χ3v) is 2.68. The summed E-state index contributed by atoms with van der Waals surface area (Å²) < 4.78 is 4.82. The second-order valence-corrected chi connectivity index (χ2v) is 4.27. The summed E-state index contributed by atoms with van der Waals surface area (Å²) in [6, 6.07) is 8.24. The first kappa shape index (κ1) is 14.4. The van der Waals surface area contributed by atoms with Crippen LogP contribution in [0, 0.1) is 0 Å². The highest BCUT2D eigenvalue weighted by Crippen LogP contribution is 2.19. The molecule has 0 bridgehead atoms. The number of benzene rings is 1. The van der Waals surface area contributed by atoms with Crippen LogP contribution in [-0.2, 0) is 4.74 Å². The average molecular weight is 250 g/mol. The molecule has 1 amide bonds. The van der Waals surface area contributed by atoms with Crippen molar-refractivity contribution in [3.05, 3.63) is 24.3 Å². The second-order valence-electron chi connectivity index (χ2n) is 4.27. The Balaban J connectivity index is 2.70. The lowest BCUT2D eigenvalue weighted by atomic mass is 10.2. The van der Waals surface area contributed by atoms with Crippen LogP contribution in [0.2, 0.25) is 0 Å². The van der Waals surface area contributed by atoms with Crippen LogP contribution < -0.4 is 10.2 Å². The topological polar surface area (TPSA) is 41.6 Å². The number of nitrogens with one attached hydrogen (secondary N) is 1. The molecule has 0 aliphatic rings. The van der Waals surface area contributed by atoms with Crippen molar-refractivity contribution in [3.63, 3.8) is 0 Å². The van der Waals surface area contributed by atoms with Gasteiger partial charge in [0, 0.05) is 24.0 Å². The molecule has 0 saturated heterocycles. The number of carbonyl (C=O) groups excluding carboxylic acids is 1. The molecule has 0 atom stereocenters. The van der Waals surface area contributed by atoms with Crippen LogP contribution in [0.3, 0.4) is 0 Å². The Morgan fingerprint density at radius 1 is 1.28 bits per heavy atom. The number of hydrogen-bond donors (Lipinski definition) is 1. The normalized spacial score (nSPS) is 10.3. The molecule has 4 heteroatoms. The van der Waals surface area contributed by atoms with E-state index in [1.165, 1.54) is 0 Å². The molecule has 1 aromatic carbocycles. The molecule has 1 N–H and O–H groups in total. The Labute approximate surface area is 109 Å². The first-order valence-electron chi connectivity index (χ1n) is 6.39. The van der Waals surface area contributed by atoms with Crippen molar-refractivity contribution < 1.29 is 9.53 Å². The Bertz CT molecular complexity index is 374. The predicted molar refractivity (Wildman–Crippen MR) is 75.2 cm³/mol. The van der Waals surface area contributed by atoms with Gasteiger partial charge in [0.05, 0.1) is 6.61 Å². The number of amides is 1. The fraction of sp³-hybridized carbons (Fsp3) is 0.500. The molecule has 0 aliphatic carbocycles. The fourth-order valence-corrected chi connectivity index (χ4v) is 1.87. The highest BCUT2D eigenvalue weighted by Gasteiger charge is 2.08. The summed E-state index contributed by atoms with van der Waals surface area (Å²) >= 11 is 0. The van der Waals surface area contributed by atoms with Crippen LogP contribution in [0.25, 0.3) is 0 Å². The molecule has 0 fully saturated rings. The van der Waals surface area contributed by atoms with Crippen LogP contribution in [0.5, 0.6) is 0 Å². The third kappa shape index (κ3) is 3.95. The van der Waals surface area contributed by atoms with E-state index in [1.807, 2.05) is 24.3 Å². The lowest BCUT2D eigenvalue weighted by Gasteiger charge is -2.27. The van der Waals surface area contributed by atoms with E-state index in [4.69, 9.17) is 4.74 Å². The van der Waals surface area contributed by atoms with Crippen molar-refractivity contribution >= 4 is 17.5 Å². The van der Waals surface area contributed by atoms with Gasteiger partial charge in [0.15, 0.2) is 0 Å². The van der Waals surface area contributed by atoms with Gasteiger partial charge >= 0.3 is 6.09 Å². The molecule has 0 aliphatic heterocycles. The van der Waals surface area contributed by atoms with Gasteiger partial charge in [-0.05, 0) is 52.0 Å². The highest BCUT2D eigenvalue weighted by atomic mass is 16.5. The lowest BCUT2D eigenvalue weighted by molar-refractivity contribution is 0.168. The van der Waals surface area contributed by atoms with E-state index >= 15 is 0 Å². The standard InChI is InChI=1S/C14H22N2O2/c1-5-16(11(3)4)13-9-7-12(8-10-13)15-14(17)18-6-2/h7-11H,5-6H2,1-4H3,(H,15,17). The highest BCUT2D eigenvalue weighted by molar-refractivity contribution is 5.84. The zero-order chi connectivity index (χ0) is 13.5. The molecule has 4 nitrogen and oxygen atoms in total. The molecule has 18 heavy (non-hydrogen) atoms. The average Bonchev–Trinajstić information content (AvgIpc) is 2.32. The van der Waals surface area contributed by atoms with Gasteiger partial charge in [0.25, 0.3) is 0 Å². The zero-order valence-corrected chi connectivity index (χ0v) is 11.6. The van der Waals surface area contributed by atoms with E-state index in [0.717, 1.165) is 17.9 Å². The molecule has 0 aromatic heterocycles. The van der Waals surface area contributed by atoms with Crippen LogP contribution in [-0.4, -0.2) is 25.3 Å². The number of rotatable bonds is 5. The van der Waals surface area contributed by atoms with E-state index in [9.17, 15) is 4.79 Å². The van der Waals surface area contributed by atoms with Gasteiger partial charge < -0.3 is 9.64 Å². The summed E-state index contributed by atoms with van der Waals surface area (Å²) in [5.41, 5.74) is 1.90. The Morgan fingerprint density at radius 2 is 1.89 bits per heavy atom. The maximum atomic E-state index is 11.3. The quantitative estimate of drug-likeness (QED) is 0.869. The van der Waals surface area contributed by atoms with Crippen molar-refractivity contribution in [1.82, 2.24) is 0 Å². The van der Waals surface area contributed by atoms with Crippen molar-refractivity contribution in [1.29, 1.82) is 0 Å². The Hall–Kier alpha value is -1.71. The minimum atomic E-state index is -0.415. The van der Waals surface area contributed by atoms with Gasteiger partial charge in [-0.15, -0.1) is 0 Å². The van der Waals surface area contributed by atoms with Crippen molar-refractivity contribution in [2.75, 3.05) is 23.4 Å². The summed E-state index contributed by atoms with van der Waals surface area (Å²) in [6.07, 6.45) is -0.415. The zero-order valence-electron chi connectivity index (χ0n) is 11.6. The molecular formula is C14H22N2O2. The molecule has 0 saturated carbocycles. The maximum Gasteiger partial charge on any atom is 0.411 e. The number of nitrogens with zero attached hydrogens (tertiary/aromatic N) is 1. The van der Waals surface area contributed by atoms with Crippen molar-refractivity contribution in [3.8, 4) is 0 Å². The van der Waals surface area contributed by atoms with Crippen LogP contribution in [0.1, 0.15) is 27.7 Å². The maximum absolute atomic E-state index is 11.3. The molecular weight excluding hydrogens is 228 g/mol. The Kier molecular flexibility index (Phi) is 5.49. The summed E-state index contributed by atoms with van der Waals surface area (Å²) in [4.78, 5) is 13.5. The molecule has 0 unspecified atom stereocenters. The van der Waals surface area contributed by atoms with Gasteiger partial charge in [0.1, 0.15) is 0 Å². The minimum Gasteiger partial charge on any atom is -0.450 e. The van der Waals surface area contributed by atoms with Gasteiger partial charge in [-0.2, -0.15) is 0 Å². The molecule has 100 valence electrons. The third-order valence-electron chi connectivity index (χ3n) is 2.68. The molecule has 0 heterocycles. The molecule has 0 spiro atoms. The first-order chi connectivity index (χ1) is 8.58. The van der Waals surface area contributed by atoms with Gasteiger partial charge in [-0.3, -0.25) is 5.32 Å². The van der Waals surface area contributed by atoms with Crippen molar-refractivity contribution in [2.24, 2.45) is 0 Å². The molecule has 1 rings (SSSR count). The van der Waals surface area contributed by atoms with Gasteiger partial charge in [0.2, 0.25) is 0 Å². The number of anilines is 2.